The van der Waals surface area contributed by atoms with Crippen LogP contribution in [0.25, 0.3) is 5.57 Å². The fourth-order valence-corrected chi connectivity index (χ4v) is 3.44. The van der Waals surface area contributed by atoms with Crippen LogP contribution in [0.15, 0.2) is 55.1 Å². The van der Waals surface area contributed by atoms with Gasteiger partial charge in [0.15, 0.2) is 0 Å². The molecule has 0 aliphatic carbocycles. The van der Waals surface area contributed by atoms with Gasteiger partial charge in [0.05, 0.1) is 0 Å². The number of allylic oxidation sites excluding steroid dienone is 5. The largest absolute Gasteiger partial charge is 0.354 e. The van der Waals surface area contributed by atoms with Crippen molar-refractivity contribution in [1.82, 2.24) is 16.0 Å². The van der Waals surface area contributed by atoms with E-state index in [1.807, 2.05) is 57.2 Å². The third kappa shape index (κ3) is 12.2. The zero-order valence-corrected chi connectivity index (χ0v) is 21.0. The molecule has 0 aliphatic heterocycles. The van der Waals surface area contributed by atoms with Gasteiger partial charge in [-0.3, -0.25) is 9.59 Å². The quantitative estimate of drug-likeness (QED) is 0.245. The van der Waals surface area contributed by atoms with E-state index in [0.717, 1.165) is 36.0 Å². The molecule has 182 valence electrons. The predicted molar refractivity (Wildman–Crippen MR) is 140 cm³/mol. The van der Waals surface area contributed by atoms with Gasteiger partial charge in [0.2, 0.25) is 11.8 Å². The molecule has 0 fully saturated rings. The standard InChI is InChI=1S/C28H43N3O2/c1-6-9-11-12-19-30-28(33)26(31-27(32)18-20-29-22(4)5)21-23-14-16-25(17-15-23)24(8-3)13-10-7-2/h7-8,10,13-17,22,26,29H,2,6,9,11-12,18-21H2,1,3-5H3,(H,30,33)(H,31,32)/b13-10-,24-8+/t26-/m1/s1. The van der Waals surface area contributed by atoms with Crippen LogP contribution in [-0.2, 0) is 16.0 Å². The highest BCUT2D eigenvalue weighted by Gasteiger charge is 2.21. The number of nitrogens with one attached hydrogen (secondary N) is 3. The number of carbonyl (C=O) groups is 2. The first kappa shape index (κ1) is 28.4. The van der Waals surface area contributed by atoms with Gasteiger partial charge in [-0.15, -0.1) is 0 Å². The Morgan fingerprint density at radius 3 is 2.39 bits per heavy atom. The Kier molecular flexibility index (Phi) is 14.5. The summed E-state index contributed by atoms with van der Waals surface area (Å²) >= 11 is 0. The molecule has 5 nitrogen and oxygen atoms in total. The third-order valence-corrected chi connectivity index (χ3v) is 5.34. The third-order valence-electron chi connectivity index (χ3n) is 5.34. The lowest BCUT2D eigenvalue weighted by molar-refractivity contribution is -0.129. The van der Waals surface area contributed by atoms with E-state index in [0.29, 0.717) is 32.0 Å². The smallest absolute Gasteiger partial charge is 0.242 e. The van der Waals surface area contributed by atoms with E-state index in [4.69, 9.17) is 0 Å². The van der Waals surface area contributed by atoms with Gasteiger partial charge in [0.1, 0.15) is 6.04 Å². The van der Waals surface area contributed by atoms with Crippen LogP contribution < -0.4 is 16.0 Å². The number of hydrogen-bond acceptors (Lipinski definition) is 3. The summed E-state index contributed by atoms with van der Waals surface area (Å²) in [6.45, 7) is 13.2. The molecule has 33 heavy (non-hydrogen) atoms. The fourth-order valence-electron chi connectivity index (χ4n) is 3.44. The predicted octanol–water partition coefficient (Wildman–Crippen LogP) is 4.94. The molecule has 1 aromatic rings. The molecular weight excluding hydrogens is 410 g/mol. The number of amides is 2. The number of hydrogen-bond donors (Lipinski definition) is 3. The maximum absolute atomic E-state index is 12.9. The van der Waals surface area contributed by atoms with Crippen LogP contribution in [0, 0.1) is 0 Å². The van der Waals surface area contributed by atoms with Gasteiger partial charge in [-0.25, -0.2) is 0 Å². The Morgan fingerprint density at radius 2 is 1.79 bits per heavy atom. The first-order valence-corrected chi connectivity index (χ1v) is 12.3. The van der Waals surface area contributed by atoms with E-state index in [2.05, 4.69) is 35.5 Å². The summed E-state index contributed by atoms with van der Waals surface area (Å²) in [5.74, 6) is -0.236. The van der Waals surface area contributed by atoms with E-state index in [1.54, 1.807) is 6.08 Å². The summed E-state index contributed by atoms with van der Waals surface area (Å²) in [5.41, 5.74) is 3.21. The lowest BCUT2D eigenvalue weighted by Gasteiger charge is -2.19. The highest BCUT2D eigenvalue weighted by Crippen LogP contribution is 2.17. The summed E-state index contributed by atoms with van der Waals surface area (Å²) in [6.07, 6.45) is 12.9. The lowest BCUT2D eigenvalue weighted by Crippen LogP contribution is -2.48. The van der Waals surface area contributed by atoms with Gasteiger partial charge in [0, 0.05) is 32.0 Å². The van der Waals surface area contributed by atoms with Crippen LogP contribution in [0.2, 0.25) is 0 Å². The van der Waals surface area contributed by atoms with Crippen LogP contribution in [0.4, 0.5) is 0 Å². The molecule has 1 atom stereocenters. The molecule has 0 radical (unpaired) electrons. The van der Waals surface area contributed by atoms with Crippen molar-refractivity contribution < 1.29 is 9.59 Å². The lowest BCUT2D eigenvalue weighted by atomic mass is 9.99. The molecule has 0 bridgehead atoms. The Bertz CT molecular complexity index is 779. The molecule has 1 aromatic carbocycles. The van der Waals surface area contributed by atoms with Crippen molar-refractivity contribution in [3.63, 3.8) is 0 Å². The van der Waals surface area contributed by atoms with Crippen LogP contribution in [0.1, 0.15) is 70.9 Å². The number of benzene rings is 1. The van der Waals surface area contributed by atoms with Gasteiger partial charge in [-0.1, -0.05) is 95.2 Å². The van der Waals surface area contributed by atoms with Crippen molar-refractivity contribution >= 4 is 17.4 Å². The van der Waals surface area contributed by atoms with Crippen molar-refractivity contribution in [2.45, 2.75) is 78.3 Å². The summed E-state index contributed by atoms with van der Waals surface area (Å²) in [7, 11) is 0. The summed E-state index contributed by atoms with van der Waals surface area (Å²) in [5, 5.41) is 9.19. The van der Waals surface area contributed by atoms with E-state index in [-0.39, 0.29) is 11.8 Å². The molecule has 0 saturated carbocycles. The Hall–Kier alpha value is -2.66. The van der Waals surface area contributed by atoms with E-state index >= 15 is 0 Å². The number of unbranched alkanes of at least 4 members (excludes halogenated alkanes) is 3. The molecular formula is C28H43N3O2. The van der Waals surface area contributed by atoms with Crippen molar-refractivity contribution in [3.05, 3.63) is 66.3 Å². The summed E-state index contributed by atoms with van der Waals surface area (Å²) in [6, 6.07) is 7.87. The van der Waals surface area contributed by atoms with Crippen LogP contribution >= 0.6 is 0 Å². The second-order valence-electron chi connectivity index (χ2n) is 8.57. The van der Waals surface area contributed by atoms with Gasteiger partial charge < -0.3 is 16.0 Å². The van der Waals surface area contributed by atoms with E-state index < -0.39 is 6.04 Å². The Labute approximate surface area is 200 Å². The molecule has 0 saturated heterocycles. The first-order valence-electron chi connectivity index (χ1n) is 12.3. The average molecular weight is 454 g/mol. The van der Waals surface area contributed by atoms with Crippen LogP contribution in [-0.4, -0.2) is 37.0 Å². The minimum atomic E-state index is -0.588. The fraction of sp³-hybridized carbons (Fsp3) is 0.500. The van der Waals surface area contributed by atoms with Crippen molar-refractivity contribution in [2.75, 3.05) is 13.1 Å². The minimum Gasteiger partial charge on any atom is -0.354 e. The van der Waals surface area contributed by atoms with Crippen molar-refractivity contribution in [2.24, 2.45) is 0 Å². The van der Waals surface area contributed by atoms with Gasteiger partial charge in [-0.05, 0) is 30.0 Å². The van der Waals surface area contributed by atoms with Gasteiger partial charge in [0.25, 0.3) is 0 Å². The molecule has 0 spiro atoms. The summed E-state index contributed by atoms with van der Waals surface area (Å²) < 4.78 is 0. The van der Waals surface area contributed by atoms with E-state index in [1.165, 1.54) is 6.42 Å². The molecule has 1 rings (SSSR count). The van der Waals surface area contributed by atoms with Crippen molar-refractivity contribution in [1.29, 1.82) is 0 Å². The molecule has 3 N–H and O–H groups in total. The average Bonchev–Trinajstić information content (AvgIpc) is 2.79. The molecule has 5 heteroatoms. The maximum atomic E-state index is 12.9. The zero-order valence-electron chi connectivity index (χ0n) is 21.0. The second kappa shape index (κ2) is 16.9. The first-order chi connectivity index (χ1) is 15.9. The van der Waals surface area contributed by atoms with Gasteiger partial charge in [-0.2, -0.15) is 0 Å². The molecule has 0 unspecified atom stereocenters. The minimum absolute atomic E-state index is 0.114. The second-order valence-corrected chi connectivity index (χ2v) is 8.57. The van der Waals surface area contributed by atoms with E-state index in [9.17, 15) is 9.59 Å². The highest BCUT2D eigenvalue weighted by molar-refractivity contribution is 5.88. The van der Waals surface area contributed by atoms with Crippen LogP contribution in [0.5, 0.6) is 0 Å². The highest BCUT2D eigenvalue weighted by atomic mass is 16.2. The normalized spacial score (nSPS) is 12.7. The Balaban J connectivity index is 2.82. The molecule has 0 aliphatic rings. The SMILES string of the molecule is C=C/C=C\C(=C/C)c1ccc(C[C@@H](NC(=O)CCNC(C)C)C(=O)NCCCCCC)cc1. The Morgan fingerprint density at radius 1 is 1.06 bits per heavy atom. The topological polar surface area (TPSA) is 70.2 Å². The van der Waals surface area contributed by atoms with Gasteiger partial charge >= 0.3 is 0 Å². The van der Waals surface area contributed by atoms with Crippen LogP contribution in [0.3, 0.4) is 0 Å². The molecule has 0 aromatic heterocycles. The maximum Gasteiger partial charge on any atom is 0.242 e. The zero-order chi connectivity index (χ0) is 24.5. The number of rotatable bonds is 16. The number of carbonyl (C=O) groups excluding carboxylic acids is 2. The monoisotopic (exact) mass is 453 g/mol. The summed E-state index contributed by atoms with van der Waals surface area (Å²) in [4.78, 5) is 25.3. The molecule has 0 heterocycles. The van der Waals surface area contributed by atoms with Crippen molar-refractivity contribution in [3.8, 4) is 0 Å². The molecule has 2 amide bonds.